The molecule has 1 aliphatic heterocycles. The number of rotatable bonds is 4. The number of nitrogens with zero attached hydrogens (tertiary/aromatic N) is 6. The van der Waals surface area contributed by atoms with Gasteiger partial charge in [-0.1, -0.05) is 0 Å². The van der Waals surface area contributed by atoms with Crippen molar-refractivity contribution in [2.24, 2.45) is 0 Å². The van der Waals surface area contributed by atoms with Gasteiger partial charge in [-0.2, -0.15) is 17.9 Å². The fraction of sp³-hybridized carbons (Fsp3) is 0.529. The molecule has 0 unspecified atom stereocenters. The van der Waals surface area contributed by atoms with Crippen molar-refractivity contribution in [2.75, 3.05) is 13.1 Å². The number of hydrogen-bond donors (Lipinski definition) is 0. The Morgan fingerprint density at radius 2 is 1.85 bits per heavy atom. The van der Waals surface area contributed by atoms with Crippen molar-refractivity contribution >= 4 is 5.91 Å². The highest BCUT2D eigenvalue weighted by atomic mass is 19.4. The molecule has 0 saturated carbocycles. The number of alkyl halides is 3. The second-order valence-electron chi connectivity index (χ2n) is 6.82. The van der Waals surface area contributed by atoms with Crippen LogP contribution in [0, 0.1) is 0 Å². The van der Waals surface area contributed by atoms with Gasteiger partial charge in [0.1, 0.15) is 0 Å². The Morgan fingerprint density at radius 1 is 1.19 bits per heavy atom. The molecule has 0 aliphatic carbocycles. The van der Waals surface area contributed by atoms with Crippen molar-refractivity contribution < 1.29 is 18.0 Å². The Morgan fingerprint density at radius 3 is 2.44 bits per heavy atom. The molecule has 1 aromatic heterocycles. The summed E-state index contributed by atoms with van der Waals surface area (Å²) in [6.07, 6.45) is -4.39. The molecule has 1 saturated heterocycles. The summed E-state index contributed by atoms with van der Waals surface area (Å²) < 4.78 is 39.6. The minimum atomic E-state index is -4.39. The van der Waals surface area contributed by atoms with Gasteiger partial charge in [0.2, 0.25) is 5.91 Å². The first-order valence-corrected chi connectivity index (χ1v) is 8.68. The summed E-state index contributed by atoms with van der Waals surface area (Å²) in [6, 6.07) is 4.46. The molecular formula is C17H21F3N6O. The Balaban J connectivity index is 1.77. The van der Waals surface area contributed by atoms with Gasteiger partial charge in [0.05, 0.1) is 23.8 Å². The second kappa shape index (κ2) is 7.26. The molecule has 10 heteroatoms. The van der Waals surface area contributed by atoms with Crippen molar-refractivity contribution in [3.8, 4) is 5.69 Å². The lowest BCUT2D eigenvalue weighted by Crippen LogP contribution is -2.57. The third kappa shape index (κ3) is 3.95. The second-order valence-corrected chi connectivity index (χ2v) is 6.82. The lowest BCUT2D eigenvalue weighted by atomic mass is 10.1. The Labute approximate surface area is 154 Å². The van der Waals surface area contributed by atoms with Crippen LogP contribution in [0.1, 0.15) is 32.2 Å². The van der Waals surface area contributed by atoms with E-state index in [0.29, 0.717) is 31.1 Å². The smallest absolute Gasteiger partial charge is 0.338 e. The molecule has 1 aromatic carbocycles. The Bertz CT molecular complexity index is 802. The summed E-state index contributed by atoms with van der Waals surface area (Å²) in [7, 11) is 0. The van der Waals surface area contributed by atoms with Gasteiger partial charge in [-0.05, 0) is 55.5 Å². The summed E-state index contributed by atoms with van der Waals surface area (Å²) in [4.78, 5) is 16.3. The zero-order chi connectivity index (χ0) is 19.8. The maximum absolute atomic E-state index is 12.7. The third-order valence-corrected chi connectivity index (χ3v) is 4.76. The number of aromatic nitrogens is 4. The average molecular weight is 382 g/mol. The van der Waals surface area contributed by atoms with Gasteiger partial charge in [-0.15, -0.1) is 5.10 Å². The normalized spacial score (nSPS) is 19.1. The van der Waals surface area contributed by atoms with Crippen LogP contribution in [-0.4, -0.2) is 61.1 Å². The molecule has 7 nitrogen and oxygen atoms in total. The summed E-state index contributed by atoms with van der Waals surface area (Å²) in [6.45, 7) is 7.40. The molecule has 27 heavy (non-hydrogen) atoms. The van der Waals surface area contributed by atoms with Crippen molar-refractivity contribution in [2.45, 2.75) is 45.6 Å². The number of carbonyl (C=O) groups excluding carboxylic acids is 1. The van der Waals surface area contributed by atoms with E-state index in [1.165, 1.54) is 16.8 Å². The highest BCUT2D eigenvalue weighted by Gasteiger charge is 2.34. The molecule has 1 amide bonds. The van der Waals surface area contributed by atoms with Gasteiger partial charge in [0, 0.05) is 19.1 Å². The van der Waals surface area contributed by atoms with E-state index >= 15 is 0 Å². The number of benzene rings is 1. The quantitative estimate of drug-likeness (QED) is 0.810. The topological polar surface area (TPSA) is 67.2 Å². The van der Waals surface area contributed by atoms with Crippen LogP contribution in [0.15, 0.2) is 24.3 Å². The Hall–Kier alpha value is -2.49. The predicted molar refractivity (Wildman–Crippen MR) is 90.9 cm³/mol. The average Bonchev–Trinajstić information content (AvgIpc) is 3.06. The molecule has 0 radical (unpaired) electrons. The van der Waals surface area contributed by atoms with E-state index < -0.39 is 11.7 Å². The number of hydrogen-bond acceptors (Lipinski definition) is 5. The molecule has 146 valence electrons. The highest BCUT2D eigenvalue weighted by Crippen LogP contribution is 2.29. The van der Waals surface area contributed by atoms with Crippen LogP contribution in [0.5, 0.6) is 0 Å². The van der Waals surface area contributed by atoms with E-state index in [9.17, 15) is 18.0 Å². The van der Waals surface area contributed by atoms with E-state index in [-0.39, 0.29) is 18.0 Å². The van der Waals surface area contributed by atoms with E-state index in [0.717, 1.165) is 12.1 Å². The summed E-state index contributed by atoms with van der Waals surface area (Å²) in [5.74, 6) is 0.511. The lowest BCUT2D eigenvalue weighted by Gasteiger charge is -2.40. The summed E-state index contributed by atoms with van der Waals surface area (Å²) in [5.41, 5.74) is -0.298. The first-order chi connectivity index (χ1) is 12.7. The SMILES string of the molecule is CC(C)N1CCN(Cc2nnnn2-c2ccc(C(F)(F)F)cc2)[C@H](C)C1=O. The van der Waals surface area contributed by atoms with Crippen LogP contribution < -0.4 is 0 Å². The van der Waals surface area contributed by atoms with Crippen molar-refractivity contribution in [3.05, 3.63) is 35.7 Å². The van der Waals surface area contributed by atoms with E-state index in [1.807, 2.05) is 30.6 Å². The van der Waals surface area contributed by atoms with Crippen molar-refractivity contribution in [1.29, 1.82) is 0 Å². The van der Waals surface area contributed by atoms with Gasteiger partial charge >= 0.3 is 6.18 Å². The van der Waals surface area contributed by atoms with Gasteiger partial charge < -0.3 is 4.90 Å². The monoisotopic (exact) mass is 382 g/mol. The van der Waals surface area contributed by atoms with Crippen LogP contribution in [0.4, 0.5) is 13.2 Å². The van der Waals surface area contributed by atoms with Crippen LogP contribution in [0.25, 0.3) is 5.69 Å². The van der Waals surface area contributed by atoms with Gasteiger partial charge in [0.25, 0.3) is 0 Å². The number of carbonyl (C=O) groups is 1. The standard InChI is InChI=1S/C17H21F3N6O/c1-11(2)25-9-8-24(12(3)16(25)27)10-15-21-22-23-26(15)14-6-4-13(5-7-14)17(18,19)20/h4-7,11-12H,8-10H2,1-3H3/t12-/m1/s1. The predicted octanol–water partition coefficient (Wildman–Crippen LogP) is 2.12. The largest absolute Gasteiger partial charge is 0.416 e. The molecule has 1 fully saturated rings. The molecule has 3 rings (SSSR count). The molecular weight excluding hydrogens is 361 g/mol. The van der Waals surface area contributed by atoms with Crippen molar-refractivity contribution in [1.82, 2.24) is 30.0 Å². The summed E-state index contributed by atoms with van der Waals surface area (Å²) >= 11 is 0. The zero-order valence-corrected chi connectivity index (χ0v) is 15.3. The van der Waals surface area contributed by atoms with Crippen LogP contribution in [0.3, 0.4) is 0 Å². The molecule has 1 aliphatic rings. The first kappa shape index (κ1) is 19.3. The fourth-order valence-corrected chi connectivity index (χ4v) is 3.14. The summed E-state index contributed by atoms with van der Waals surface area (Å²) in [5, 5.41) is 11.5. The van der Waals surface area contributed by atoms with E-state index in [2.05, 4.69) is 15.5 Å². The minimum absolute atomic E-state index is 0.0461. The lowest BCUT2D eigenvalue weighted by molar-refractivity contribution is -0.143. The number of piperazine rings is 1. The Kier molecular flexibility index (Phi) is 5.18. The van der Waals surface area contributed by atoms with Crippen molar-refractivity contribution in [3.63, 3.8) is 0 Å². The van der Waals surface area contributed by atoms with Gasteiger partial charge in [-0.25, -0.2) is 0 Å². The molecule has 1 atom stereocenters. The number of amides is 1. The number of tetrazole rings is 1. The van der Waals surface area contributed by atoms with Crippen LogP contribution in [-0.2, 0) is 17.5 Å². The molecule has 0 bridgehead atoms. The first-order valence-electron chi connectivity index (χ1n) is 8.68. The maximum Gasteiger partial charge on any atom is 0.416 e. The maximum atomic E-state index is 12.7. The van der Waals surface area contributed by atoms with E-state index in [1.54, 1.807) is 0 Å². The molecule has 2 aromatic rings. The van der Waals surface area contributed by atoms with Crippen LogP contribution >= 0.6 is 0 Å². The third-order valence-electron chi connectivity index (χ3n) is 4.76. The van der Waals surface area contributed by atoms with E-state index in [4.69, 9.17) is 0 Å². The zero-order valence-electron chi connectivity index (χ0n) is 15.3. The molecule has 0 spiro atoms. The van der Waals surface area contributed by atoms with Crippen LogP contribution in [0.2, 0.25) is 0 Å². The van der Waals surface area contributed by atoms with Gasteiger partial charge in [0.15, 0.2) is 5.82 Å². The fourth-order valence-electron chi connectivity index (χ4n) is 3.14. The molecule has 0 N–H and O–H groups in total. The minimum Gasteiger partial charge on any atom is -0.338 e. The molecule has 2 heterocycles. The highest BCUT2D eigenvalue weighted by molar-refractivity contribution is 5.82. The number of halogens is 3. The van der Waals surface area contributed by atoms with Gasteiger partial charge in [-0.3, -0.25) is 9.69 Å².